The second-order valence-corrected chi connectivity index (χ2v) is 6.65. The van der Waals surface area contributed by atoms with Gasteiger partial charge >= 0.3 is 0 Å². The van der Waals surface area contributed by atoms with Crippen LogP contribution in [0.25, 0.3) is 11.5 Å². The van der Waals surface area contributed by atoms with Crippen LogP contribution in [0.15, 0.2) is 59.4 Å². The first-order chi connectivity index (χ1) is 12.9. The fourth-order valence-corrected chi connectivity index (χ4v) is 3.31. The third-order valence-corrected chi connectivity index (χ3v) is 4.66. The molecular formula is C20H23N5O. The second kappa shape index (κ2) is 8.21. The Morgan fingerprint density at radius 2 is 1.69 bits per heavy atom. The Hall–Kier alpha value is -2.57. The number of hydrogen-bond acceptors (Lipinski definition) is 6. The minimum Gasteiger partial charge on any atom is -0.334 e. The topological polar surface area (TPSA) is 58.3 Å². The molecule has 6 nitrogen and oxygen atoms in total. The lowest BCUT2D eigenvalue weighted by Crippen LogP contribution is -2.30. The average Bonchev–Trinajstić information content (AvgIpc) is 3.05. The minimum absolute atomic E-state index is 0.591. The maximum absolute atomic E-state index is 5.42. The van der Waals surface area contributed by atoms with Crippen molar-refractivity contribution in [3.63, 3.8) is 0 Å². The Morgan fingerprint density at radius 3 is 2.46 bits per heavy atom. The monoisotopic (exact) mass is 349 g/mol. The lowest BCUT2D eigenvalue weighted by molar-refractivity contribution is 0.241. The molecule has 1 saturated heterocycles. The molecule has 4 rings (SSSR count). The average molecular weight is 349 g/mol. The van der Waals surface area contributed by atoms with E-state index in [1.54, 1.807) is 0 Å². The summed E-state index contributed by atoms with van der Waals surface area (Å²) in [5, 5.41) is 4.15. The van der Waals surface area contributed by atoms with E-state index in [4.69, 9.17) is 4.52 Å². The largest absolute Gasteiger partial charge is 0.334 e. The molecule has 6 heteroatoms. The summed E-state index contributed by atoms with van der Waals surface area (Å²) in [7, 11) is 0. The molecule has 1 aliphatic heterocycles. The highest BCUT2D eigenvalue weighted by Crippen LogP contribution is 2.17. The standard InChI is InChI=1S/C20H23N5O/c1-2-7-18(8-3-1)20-22-19(23-26-20)16-25-11-5-10-24(12-13-25)15-17-6-4-9-21-14-17/h1-4,6-9,14H,5,10-13,15-16H2. The van der Waals surface area contributed by atoms with Crippen LogP contribution < -0.4 is 0 Å². The quantitative estimate of drug-likeness (QED) is 0.706. The van der Waals surface area contributed by atoms with Crippen molar-refractivity contribution >= 4 is 0 Å². The third kappa shape index (κ3) is 4.33. The fraction of sp³-hybridized carbons (Fsp3) is 0.350. The van der Waals surface area contributed by atoms with Crippen molar-refractivity contribution in [2.24, 2.45) is 0 Å². The first-order valence-corrected chi connectivity index (χ1v) is 9.08. The Labute approximate surface area is 153 Å². The van der Waals surface area contributed by atoms with E-state index in [9.17, 15) is 0 Å². The summed E-state index contributed by atoms with van der Waals surface area (Å²) in [5.41, 5.74) is 2.23. The number of nitrogens with zero attached hydrogens (tertiary/aromatic N) is 5. The van der Waals surface area contributed by atoms with Gasteiger partial charge in [-0.2, -0.15) is 4.98 Å². The van der Waals surface area contributed by atoms with Crippen molar-refractivity contribution in [3.05, 3.63) is 66.2 Å². The van der Waals surface area contributed by atoms with Gasteiger partial charge in [-0.1, -0.05) is 29.4 Å². The van der Waals surface area contributed by atoms with Gasteiger partial charge in [-0.3, -0.25) is 14.8 Å². The summed E-state index contributed by atoms with van der Waals surface area (Å²) in [5.74, 6) is 1.35. The van der Waals surface area contributed by atoms with Gasteiger partial charge in [0.25, 0.3) is 5.89 Å². The zero-order chi connectivity index (χ0) is 17.6. The van der Waals surface area contributed by atoms with Crippen LogP contribution in [0.1, 0.15) is 17.8 Å². The molecule has 1 aromatic carbocycles. The molecule has 3 heterocycles. The van der Waals surface area contributed by atoms with E-state index in [1.807, 2.05) is 48.8 Å². The highest BCUT2D eigenvalue weighted by Gasteiger charge is 2.17. The maximum Gasteiger partial charge on any atom is 0.257 e. The number of rotatable bonds is 5. The Balaban J connectivity index is 1.33. The molecule has 0 amide bonds. The molecule has 0 bridgehead atoms. The number of benzene rings is 1. The zero-order valence-electron chi connectivity index (χ0n) is 14.8. The second-order valence-electron chi connectivity index (χ2n) is 6.65. The normalized spacial score (nSPS) is 16.5. The van der Waals surface area contributed by atoms with Crippen molar-refractivity contribution in [1.29, 1.82) is 0 Å². The van der Waals surface area contributed by atoms with Crippen LogP contribution in [-0.4, -0.2) is 51.1 Å². The lowest BCUT2D eigenvalue weighted by atomic mass is 10.2. The molecule has 2 aromatic heterocycles. The number of hydrogen-bond donors (Lipinski definition) is 0. The highest BCUT2D eigenvalue weighted by molar-refractivity contribution is 5.51. The molecule has 0 saturated carbocycles. The summed E-state index contributed by atoms with van der Waals surface area (Å²) >= 11 is 0. The highest BCUT2D eigenvalue weighted by atomic mass is 16.5. The maximum atomic E-state index is 5.42. The molecular weight excluding hydrogens is 326 g/mol. The zero-order valence-corrected chi connectivity index (χ0v) is 14.8. The molecule has 0 radical (unpaired) electrons. The molecule has 1 aliphatic rings. The van der Waals surface area contributed by atoms with Crippen LogP contribution in [0.2, 0.25) is 0 Å². The summed E-state index contributed by atoms with van der Waals surface area (Å²) in [4.78, 5) is 13.7. The van der Waals surface area contributed by atoms with E-state index in [-0.39, 0.29) is 0 Å². The number of aromatic nitrogens is 3. The predicted molar refractivity (Wildman–Crippen MR) is 99.1 cm³/mol. The van der Waals surface area contributed by atoms with Gasteiger partial charge in [0, 0.05) is 37.6 Å². The van der Waals surface area contributed by atoms with Crippen molar-refractivity contribution in [1.82, 2.24) is 24.9 Å². The van der Waals surface area contributed by atoms with Crippen molar-refractivity contribution in [2.45, 2.75) is 19.5 Å². The van der Waals surface area contributed by atoms with Crippen LogP contribution in [0.5, 0.6) is 0 Å². The van der Waals surface area contributed by atoms with Gasteiger partial charge in [-0.25, -0.2) is 0 Å². The minimum atomic E-state index is 0.591. The SMILES string of the molecule is c1ccc(-c2nc(CN3CCCN(Cc4cccnc4)CC3)no2)cc1. The first-order valence-electron chi connectivity index (χ1n) is 9.08. The summed E-state index contributed by atoms with van der Waals surface area (Å²) in [6.07, 6.45) is 4.92. The molecule has 26 heavy (non-hydrogen) atoms. The van der Waals surface area contributed by atoms with Gasteiger partial charge in [0.1, 0.15) is 0 Å². The van der Waals surface area contributed by atoms with E-state index in [1.165, 1.54) is 5.56 Å². The summed E-state index contributed by atoms with van der Waals surface area (Å²) in [6.45, 7) is 5.90. The Kier molecular flexibility index (Phi) is 5.33. The van der Waals surface area contributed by atoms with Crippen LogP contribution in [0.4, 0.5) is 0 Å². The molecule has 0 spiro atoms. The van der Waals surface area contributed by atoms with E-state index in [0.29, 0.717) is 5.89 Å². The van der Waals surface area contributed by atoms with E-state index in [0.717, 1.165) is 57.1 Å². The van der Waals surface area contributed by atoms with Crippen LogP contribution in [-0.2, 0) is 13.1 Å². The fourth-order valence-electron chi connectivity index (χ4n) is 3.31. The van der Waals surface area contributed by atoms with Crippen LogP contribution in [0, 0.1) is 0 Å². The summed E-state index contributed by atoms with van der Waals surface area (Å²) < 4.78 is 5.42. The van der Waals surface area contributed by atoms with E-state index in [2.05, 4.69) is 31.0 Å². The van der Waals surface area contributed by atoms with Gasteiger partial charge in [0.2, 0.25) is 0 Å². The molecule has 0 atom stereocenters. The van der Waals surface area contributed by atoms with Gasteiger partial charge in [-0.15, -0.1) is 0 Å². The third-order valence-electron chi connectivity index (χ3n) is 4.66. The van der Waals surface area contributed by atoms with Crippen molar-refractivity contribution < 1.29 is 4.52 Å². The van der Waals surface area contributed by atoms with E-state index >= 15 is 0 Å². The molecule has 134 valence electrons. The first kappa shape index (κ1) is 16.9. The molecule has 0 aliphatic carbocycles. The molecule has 0 N–H and O–H groups in total. The van der Waals surface area contributed by atoms with Crippen molar-refractivity contribution in [3.8, 4) is 11.5 Å². The molecule has 3 aromatic rings. The summed E-state index contributed by atoms with van der Waals surface area (Å²) in [6, 6.07) is 14.0. The van der Waals surface area contributed by atoms with Gasteiger partial charge < -0.3 is 4.52 Å². The van der Waals surface area contributed by atoms with Gasteiger partial charge in [0.15, 0.2) is 5.82 Å². The van der Waals surface area contributed by atoms with E-state index < -0.39 is 0 Å². The van der Waals surface area contributed by atoms with Crippen LogP contribution >= 0.6 is 0 Å². The molecule has 1 fully saturated rings. The van der Waals surface area contributed by atoms with Gasteiger partial charge in [-0.05, 0) is 43.3 Å². The van der Waals surface area contributed by atoms with Crippen molar-refractivity contribution in [2.75, 3.05) is 26.2 Å². The van der Waals surface area contributed by atoms with Crippen LogP contribution in [0.3, 0.4) is 0 Å². The Bertz CT molecular complexity index is 805. The predicted octanol–water partition coefficient (Wildman–Crippen LogP) is 2.84. The Morgan fingerprint density at radius 1 is 0.885 bits per heavy atom. The molecule has 0 unspecified atom stereocenters. The smallest absolute Gasteiger partial charge is 0.257 e. The number of pyridine rings is 1. The van der Waals surface area contributed by atoms with Gasteiger partial charge in [0.05, 0.1) is 6.54 Å². The lowest BCUT2D eigenvalue weighted by Gasteiger charge is -2.20.